The first kappa shape index (κ1) is 14.2. The van der Waals surface area contributed by atoms with Crippen LogP contribution in [0.4, 0.5) is 10.1 Å². The maximum atomic E-state index is 13.4. The van der Waals surface area contributed by atoms with E-state index in [1.54, 1.807) is 0 Å². The fraction of sp³-hybridized carbons (Fsp3) is 0.300. The SMILES string of the molecule is NS(=O)(=O)C1CC(=O)N(c2cc(Br)cc(F)c2O)C1. The van der Waals surface area contributed by atoms with Crippen LogP contribution in [0, 0.1) is 5.82 Å². The Morgan fingerprint density at radius 3 is 2.63 bits per heavy atom. The molecule has 0 spiro atoms. The molecule has 0 aromatic heterocycles. The van der Waals surface area contributed by atoms with Crippen LogP contribution in [0.1, 0.15) is 6.42 Å². The molecule has 1 aromatic carbocycles. The number of nitrogens with two attached hydrogens (primary N) is 1. The first-order valence-corrected chi connectivity index (χ1v) is 7.60. The lowest BCUT2D eigenvalue weighted by atomic mass is 10.2. The molecule has 0 radical (unpaired) electrons. The minimum absolute atomic E-state index is 0.0805. The zero-order valence-electron chi connectivity index (χ0n) is 9.51. The number of carbonyl (C=O) groups excluding carboxylic acids is 1. The Morgan fingerprint density at radius 1 is 1.47 bits per heavy atom. The van der Waals surface area contributed by atoms with E-state index < -0.39 is 32.7 Å². The maximum absolute atomic E-state index is 13.4. The number of rotatable bonds is 2. The van der Waals surface area contributed by atoms with Gasteiger partial charge in [-0.25, -0.2) is 17.9 Å². The van der Waals surface area contributed by atoms with Gasteiger partial charge in [0, 0.05) is 17.4 Å². The Balaban J connectivity index is 2.41. The number of benzene rings is 1. The van der Waals surface area contributed by atoms with E-state index in [1.807, 2.05) is 0 Å². The number of primary sulfonamides is 1. The van der Waals surface area contributed by atoms with Crippen LogP contribution >= 0.6 is 15.9 Å². The summed E-state index contributed by atoms with van der Waals surface area (Å²) in [6, 6.07) is 2.37. The lowest BCUT2D eigenvalue weighted by Crippen LogP contribution is -2.32. The van der Waals surface area contributed by atoms with Crippen LogP contribution in [0.2, 0.25) is 0 Å². The first-order chi connectivity index (χ1) is 8.70. The lowest BCUT2D eigenvalue weighted by Gasteiger charge is -2.18. The van der Waals surface area contributed by atoms with Crippen LogP contribution < -0.4 is 10.0 Å². The normalized spacial score (nSPS) is 20.1. The smallest absolute Gasteiger partial charge is 0.228 e. The van der Waals surface area contributed by atoms with Crippen molar-refractivity contribution in [3.05, 3.63) is 22.4 Å². The van der Waals surface area contributed by atoms with Gasteiger partial charge in [0.2, 0.25) is 15.9 Å². The number of nitrogens with zero attached hydrogens (tertiary/aromatic N) is 1. The largest absolute Gasteiger partial charge is 0.503 e. The van der Waals surface area contributed by atoms with Crippen molar-refractivity contribution in [1.29, 1.82) is 0 Å². The van der Waals surface area contributed by atoms with Crippen molar-refractivity contribution in [1.82, 2.24) is 0 Å². The molecule has 0 aliphatic carbocycles. The van der Waals surface area contributed by atoms with E-state index in [-0.39, 0.29) is 18.7 Å². The van der Waals surface area contributed by atoms with Gasteiger partial charge in [-0.3, -0.25) is 4.79 Å². The topological polar surface area (TPSA) is 101 Å². The van der Waals surface area contributed by atoms with E-state index >= 15 is 0 Å². The Hall–Kier alpha value is -1.19. The number of aromatic hydroxyl groups is 1. The predicted molar refractivity (Wildman–Crippen MR) is 69.6 cm³/mol. The highest BCUT2D eigenvalue weighted by Crippen LogP contribution is 2.36. The van der Waals surface area contributed by atoms with Crippen molar-refractivity contribution in [2.75, 3.05) is 11.4 Å². The van der Waals surface area contributed by atoms with Crippen molar-refractivity contribution in [3.8, 4) is 5.75 Å². The molecular formula is C10H10BrFN2O4S. The van der Waals surface area contributed by atoms with Crippen LogP contribution in [-0.4, -0.2) is 31.2 Å². The van der Waals surface area contributed by atoms with Gasteiger partial charge in [0.25, 0.3) is 0 Å². The summed E-state index contributed by atoms with van der Waals surface area (Å²) >= 11 is 3.04. The molecule has 1 amide bonds. The van der Waals surface area contributed by atoms with Gasteiger partial charge in [0.05, 0.1) is 5.69 Å². The first-order valence-electron chi connectivity index (χ1n) is 5.20. The summed E-state index contributed by atoms with van der Waals surface area (Å²) < 4.78 is 36.2. The average Bonchev–Trinajstić information content (AvgIpc) is 2.65. The highest BCUT2D eigenvalue weighted by molar-refractivity contribution is 9.10. The summed E-state index contributed by atoms with van der Waals surface area (Å²) in [5, 5.41) is 13.6. The summed E-state index contributed by atoms with van der Waals surface area (Å²) in [5.41, 5.74) is -0.0805. The van der Waals surface area contributed by atoms with Crippen LogP contribution in [-0.2, 0) is 14.8 Å². The lowest BCUT2D eigenvalue weighted by molar-refractivity contribution is -0.117. The van der Waals surface area contributed by atoms with Crippen molar-refractivity contribution < 1.29 is 22.7 Å². The molecule has 1 fully saturated rings. The monoisotopic (exact) mass is 352 g/mol. The zero-order chi connectivity index (χ0) is 14.4. The molecule has 19 heavy (non-hydrogen) atoms. The summed E-state index contributed by atoms with van der Waals surface area (Å²) in [5.74, 6) is -2.14. The van der Waals surface area contributed by atoms with Crippen molar-refractivity contribution in [2.24, 2.45) is 5.14 Å². The second-order valence-corrected chi connectivity index (χ2v) is 6.94. The number of halogens is 2. The zero-order valence-corrected chi connectivity index (χ0v) is 11.9. The summed E-state index contributed by atoms with van der Waals surface area (Å²) in [6.45, 7) is -0.207. The number of hydrogen-bond acceptors (Lipinski definition) is 4. The molecule has 104 valence electrons. The molecular weight excluding hydrogens is 343 g/mol. The van der Waals surface area contributed by atoms with Gasteiger partial charge < -0.3 is 10.0 Å². The van der Waals surface area contributed by atoms with Gasteiger partial charge in [-0.05, 0) is 12.1 Å². The third kappa shape index (κ3) is 2.72. The number of carbonyl (C=O) groups is 1. The maximum Gasteiger partial charge on any atom is 0.228 e. The molecule has 6 nitrogen and oxygen atoms in total. The number of amides is 1. The molecule has 1 aliphatic rings. The molecule has 1 saturated heterocycles. The standard InChI is InChI=1S/C10H10BrFN2O4S/c11-5-1-7(12)10(16)8(2-5)14-4-6(3-9(14)15)19(13,17)18/h1-2,6,16H,3-4H2,(H2,13,17,18). The van der Waals surface area contributed by atoms with Gasteiger partial charge in [0.15, 0.2) is 11.6 Å². The van der Waals surface area contributed by atoms with Gasteiger partial charge in [-0.2, -0.15) is 0 Å². The molecule has 1 heterocycles. The third-order valence-electron chi connectivity index (χ3n) is 2.85. The van der Waals surface area contributed by atoms with E-state index in [0.29, 0.717) is 4.47 Å². The van der Waals surface area contributed by atoms with E-state index in [0.717, 1.165) is 11.0 Å². The number of phenolic OH excluding ortho intramolecular Hbond substituents is 1. The van der Waals surface area contributed by atoms with Crippen molar-refractivity contribution in [2.45, 2.75) is 11.7 Å². The number of sulfonamides is 1. The number of phenols is 1. The molecule has 3 N–H and O–H groups in total. The second kappa shape index (κ2) is 4.73. The average molecular weight is 353 g/mol. The third-order valence-corrected chi connectivity index (χ3v) is 4.56. The fourth-order valence-corrected chi connectivity index (χ4v) is 3.04. The van der Waals surface area contributed by atoms with Crippen LogP contribution in [0.5, 0.6) is 5.75 Å². The highest BCUT2D eigenvalue weighted by atomic mass is 79.9. The van der Waals surface area contributed by atoms with Gasteiger partial charge in [0.1, 0.15) is 5.25 Å². The quantitative estimate of drug-likeness (QED) is 0.817. The van der Waals surface area contributed by atoms with Gasteiger partial charge in [-0.15, -0.1) is 0 Å². The molecule has 1 aromatic rings. The Kier molecular flexibility index (Phi) is 3.54. The minimum Gasteiger partial charge on any atom is -0.503 e. The molecule has 2 rings (SSSR count). The molecule has 1 atom stereocenters. The summed E-state index contributed by atoms with van der Waals surface area (Å²) in [6.07, 6.45) is -0.285. The van der Waals surface area contributed by atoms with Gasteiger partial charge in [-0.1, -0.05) is 15.9 Å². The van der Waals surface area contributed by atoms with E-state index in [1.165, 1.54) is 6.07 Å². The molecule has 0 saturated carbocycles. The molecule has 1 aliphatic heterocycles. The molecule has 0 bridgehead atoms. The predicted octanol–water partition coefficient (Wildman–Crippen LogP) is 0.688. The van der Waals surface area contributed by atoms with E-state index in [2.05, 4.69) is 15.9 Å². The van der Waals surface area contributed by atoms with Crippen LogP contribution in [0.25, 0.3) is 0 Å². The number of anilines is 1. The van der Waals surface area contributed by atoms with Gasteiger partial charge >= 0.3 is 0 Å². The van der Waals surface area contributed by atoms with Crippen molar-refractivity contribution in [3.63, 3.8) is 0 Å². The fourth-order valence-electron chi connectivity index (χ4n) is 1.89. The molecule has 9 heteroatoms. The Bertz CT molecular complexity index is 649. The van der Waals surface area contributed by atoms with E-state index in [9.17, 15) is 22.7 Å². The minimum atomic E-state index is -3.86. The summed E-state index contributed by atoms with van der Waals surface area (Å²) in [4.78, 5) is 12.8. The summed E-state index contributed by atoms with van der Waals surface area (Å²) in [7, 11) is -3.86. The van der Waals surface area contributed by atoms with Crippen molar-refractivity contribution >= 4 is 37.5 Å². The second-order valence-electron chi connectivity index (χ2n) is 4.17. The number of hydrogen-bond donors (Lipinski definition) is 2. The highest BCUT2D eigenvalue weighted by Gasteiger charge is 2.38. The Morgan fingerprint density at radius 2 is 2.11 bits per heavy atom. The Labute approximate surface area is 117 Å². The van der Waals surface area contributed by atoms with Crippen LogP contribution in [0.15, 0.2) is 16.6 Å². The van der Waals surface area contributed by atoms with Crippen LogP contribution in [0.3, 0.4) is 0 Å². The molecule has 1 unspecified atom stereocenters. The van der Waals surface area contributed by atoms with E-state index in [4.69, 9.17) is 5.14 Å².